The maximum atomic E-state index is 11.6. The Morgan fingerprint density at radius 1 is 1.33 bits per heavy atom. The predicted molar refractivity (Wildman–Crippen MR) is 125 cm³/mol. The van der Waals surface area contributed by atoms with Crippen LogP contribution in [-0.4, -0.2) is 35.6 Å². The van der Waals surface area contributed by atoms with E-state index in [1.54, 1.807) is 30.1 Å². The van der Waals surface area contributed by atoms with Gasteiger partial charge in [-0.2, -0.15) is 5.10 Å². The summed E-state index contributed by atoms with van der Waals surface area (Å²) >= 11 is 1.40. The molecule has 0 bridgehead atoms. The van der Waals surface area contributed by atoms with Crippen molar-refractivity contribution in [3.63, 3.8) is 0 Å². The number of methoxy groups -OCH3 is 1. The summed E-state index contributed by atoms with van der Waals surface area (Å²) in [5.41, 5.74) is 7.58. The van der Waals surface area contributed by atoms with Gasteiger partial charge in [0.15, 0.2) is 0 Å². The van der Waals surface area contributed by atoms with E-state index >= 15 is 0 Å². The molecule has 3 rings (SSSR count). The first-order valence-electron chi connectivity index (χ1n) is 8.67. The molecule has 0 aliphatic heterocycles. The molecule has 1 heterocycles. The lowest BCUT2D eigenvalue weighted by molar-refractivity contribution is 0.0998. The molecule has 156 valence electrons. The largest absolute Gasteiger partial charge is 0.507 e. The number of phenols is 1. The highest BCUT2D eigenvalue weighted by Gasteiger charge is 2.13. The highest BCUT2D eigenvalue weighted by molar-refractivity contribution is 8.93. The van der Waals surface area contributed by atoms with E-state index in [2.05, 4.69) is 16.7 Å². The quantitative estimate of drug-likeness (QED) is 0.392. The number of halogens is 1. The van der Waals surface area contributed by atoms with Crippen LogP contribution in [0.1, 0.15) is 15.9 Å². The van der Waals surface area contributed by atoms with Gasteiger partial charge in [-0.25, -0.2) is 4.68 Å². The number of thiazole rings is 1. The van der Waals surface area contributed by atoms with E-state index in [4.69, 9.17) is 10.5 Å². The molecule has 2 aromatic carbocycles. The van der Waals surface area contributed by atoms with E-state index in [-0.39, 0.29) is 28.3 Å². The fraction of sp³-hybridized carbons (Fsp3) is 0.0952. The van der Waals surface area contributed by atoms with Crippen LogP contribution < -0.4 is 15.3 Å². The molecular formula is C21H21BrN4O3S. The maximum absolute atomic E-state index is 11.6. The summed E-state index contributed by atoms with van der Waals surface area (Å²) in [6, 6.07) is 12.2. The summed E-state index contributed by atoms with van der Waals surface area (Å²) in [6.45, 7) is 4.13. The number of ether oxygens (including phenoxy) is 1. The molecule has 1 aromatic heterocycles. The third-order valence-electron chi connectivity index (χ3n) is 4.05. The summed E-state index contributed by atoms with van der Waals surface area (Å²) in [7, 11) is 1.60. The van der Waals surface area contributed by atoms with Crippen LogP contribution in [0.4, 0.5) is 0 Å². The minimum atomic E-state index is -0.708. The molecule has 0 radical (unpaired) electrons. The molecule has 9 heteroatoms. The van der Waals surface area contributed by atoms with Gasteiger partial charge >= 0.3 is 0 Å². The number of primary amides is 1. The van der Waals surface area contributed by atoms with Crippen molar-refractivity contribution >= 4 is 40.4 Å². The summed E-state index contributed by atoms with van der Waals surface area (Å²) in [6.07, 6.45) is 3.37. The molecule has 0 unspecified atom stereocenters. The molecule has 30 heavy (non-hydrogen) atoms. The molecule has 1 amide bonds. The molecule has 0 spiro atoms. The van der Waals surface area contributed by atoms with Gasteiger partial charge in [-0.15, -0.1) is 34.9 Å². The highest BCUT2D eigenvalue weighted by Crippen LogP contribution is 2.26. The van der Waals surface area contributed by atoms with E-state index in [0.717, 1.165) is 5.56 Å². The van der Waals surface area contributed by atoms with Crippen LogP contribution in [0.25, 0.3) is 11.3 Å². The molecule has 0 atom stereocenters. The predicted octanol–water partition coefficient (Wildman–Crippen LogP) is 3.58. The zero-order valence-corrected chi connectivity index (χ0v) is 18.7. The average Bonchev–Trinajstić information content (AvgIpc) is 3.13. The van der Waals surface area contributed by atoms with E-state index < -0.39 is 5.91 Å². The topological polar surface area (TPSA) is 102 Å². The Balaban J connectivity index is 0.00000320. The lowest BCUT2D eigenvalue weighted by Gasteiger charge is -2.07. The smallest absolute Gasteiger partial charge is 0.252 e. The number of hydrogen-bond acceptors (Lipinski definition) is 6. The minimum absolute atomic E-state index is 0. The van der Waals surface area contributed by atoms with Crippen molar-refractivity contribution in [3.8, 4) is 22.8 Å². The first-order chi connectivity index (χ1) is 14.0. The van der Waals surface area contributed by atoms with Gasteiger partial charge in [-0.1, -0.05) is 18.2 Å². The number of nitrogens with zero attached hydrogens (tertiary/aromatic N) is 3. The molecule has 3 N–H and O–H groups in total. The molecule has 7 nitrogen and oxygen atoms in total. The lowest BCUT2D eigenvalue weighted by Crippen LogP contribution is -2.13. The van der Waals surface area contributed by atoms with E-state index in [1.165, 1.54) is 23.5 Å². The van der Waals surface area contributed by atoms with Crippen LogP contribution in [0.2, 0.25) is 0 Å². The van der Waals surface area contributed by atoms with Gasteiger partial charge in [0.1, 0.15) is 11.5 Å². The second-order valence-corrected chi connectivity index (χ2v) is 6.76. The number of carbonyl (C=O) groups is 1. The number of carbonyl (C=O) groups excluding carboxylic acids is 1. The lowest BCUT2D eigenvalue weighted by atomic mass is 10.1. The molecule has 0 saturated carbocycles. The van der Waals surface area contributed by atoms with Gasteiger partial charge in [0.25, 0.3) is 5.91 Å². The average molecular weight is 489 g/mol. The molecular weight excluding hydrogens is 468 g/mol. The Hall–Kier alpha value is -3.17. The summed E-state index contributed by atoms with van der Waals surface area (Å²) in [5.74, 6) is -0.184. The number of nitrogens with two attached hydrogens (primary N) is 1. The second kappa shape index (κ2) is 10.6. The monoisotopic (exact) mass is 488 g/mol. The zero-order valence-electron chi connectivity index (χ0n) is 16.2. The number of rotatable bonds is 7. The Kier molecular flexibility index (Phi) is 8.14. The first-order valence-corrected chi connectivity index (χ1v) is 9.55. The molecule has 0 aliphatic rings. The SMILES string of the molecule is Br.C=CCN=c1scc(-c2ccc(O)c(C(N)=O)c2)n1/N=C/c1ccccc1OC. The standard InChI is InChI=1S/C21H20N4O3S.BrH/c1-3-10-23-21-25(24-12-15-6-4-5-7-19(15)28-2)17(13-29-21)14-8-9-18(26)16(11-14)20(22)27;/h3-9,11-13,26H,1,10H2,2H3,(H2,22,27);1H/b23-21?,24-12+;. The number of benzene rings is 2. The Labute approximate surface area is 188 Å². The second-order valence-electron chi connectivity index (χ2n) is 5.93. The van der Waals surface area contributed by atoms with Crippen LogP contribution >= 0.6 is 28.3 Å². The minimum Gasteiger partial charge on any atom is -0.507 e. The van der Waals surface area contributed by atoms with Crippen molar-refractivity contribution in [2.75, 3.05) is 13.7 Å². The zero-order chi connectivity index (χ0) is 20.8. The van der Waals surface area contributed by atoms with Crippen LogP contribution in [0.3, 0.4) is 0 Å². The summed E-state index contributed by atoms with van der Waals surface area (Å²) in [5, 5.41) is 16.3. The van der Waals surface area contributed by atoms with E-state index in [0.29, 0.717) is 28.4 Å². The van der Waals surface area contributed by atoms with Crippen molar-refractivity contribution in [2.24, 2.45) is 15.8 Å². The molecule has 0 aliphatic carbocycles. The van der Waals surface area contributed by atoms with E-state index in [1.807, 2.05) is 29.6 Å². The first kappa shape index (κ1) is 23.1. The van der Waals surface area contributed by atoms with Gasteiger partial charge < -0.3 is 15.6 Å². The van der Waals surface area contributed by atoms with Crippen molar-refractivity contribution < 1.29 is 14.6 Å². The highest BCUT2D eigenvalue weighted by atomic mass is 79.9. The fourth-order valence-corrected chi connectivity index (χ4v) is 3.49. The normalized spacial score (nSPS) is 11.3. The summed E-state index contributed by atoms with van der Waals surface area (Å²) in [4.78, 5) is 16.7. The third kappa shape index (κ3) is 5.05. The van der Waals surface area contributed by atoms with Crippen molar-refractivity contribution in [1.29, 1.82) is 0 Å². The summed E-state index contributed by atoms with van der Waals surface area (Å²) < 4.78 is 7.03. The Bertz CT molecular complexity index is 1150. The van der Waals surface area contributed by atoms with Gasteiger partial charge in [-0.05, 0) is 30.3 Å². The number of aromatic hydroxyl groups is 1. The van der Waals surface area contributed by atoms with Crippen molar-refractivity contribution in [2.45, 2.75) is 0 Å². The Morgan fingerprint density at radius 2 is 2.10 bits per heavy atom. The number of amides is 1. The van der Waals surface area contributed by atoms with Gasteiger partial charge in [-0.3, -0.25) is 9.79 Å². The van der Waals surface area contributed by atoms with Crippen molar-refractivity contribution in [1.82, 2.24) is 4.68 Å². The Morgan fingerprint density at radius 3 is 2.80 bits per heavy atom. The third-order valence-corrected chi connectivity index (χ3v) is 4.90. The number of hydrogen-bond donors (Lipinski definition) is 2. The van der Waals surface area contributed by atoms with Crippen LogP contribution in [0.5, 0.6) is 11.5 Å². The van der Waals surface area contributed by atoms with E-state index in [9.17, 15) is 9.90 Å². The van der Waals surface area contributed by atoms with Crippen LogP contribution in [-0.2, 0) is 0 Å². The van der Waals surface area contributed by atoms with Crippen LogP contribution in [0, 0.1) is 0 Å². The van der Waals surface area contributed by atoms with Gasteiger partial charge in [0.2, 0.25) is 4.80 Å². The maximum Gasteiger partial charge on any atom is 0.252 e. The van der Waals surface area contributed by atoms with Gasteiger partial charge in [0.05, 0.1) is 31.1 Å². The fourth-order valence-electron chi connectivity index (χ4n) is 2.65. The molecule has 3 aromatic rings. The number of aromatic nitrogens is 1. The number of para-hydroxylation sites is 1. The molecule has 0 saturated heterocycles. The van der Waals surface area contributed by atoms with Gasteiger partial charge in [0, 0.05) is 16.5 Å². The molecule has 0 fully saturated rings. The van der Waals surface area contributed by atoms with Crippen LogP contribution in [0.15, 0.2) is 70.6 Å². The van der Waals surface area contributed by atoms with Crippen molar-refractivity contribution in [3.05, 3.63) is 76.4 Å².